The molecule has 0 spiro atoms. The number of aromatic hydroxyl groups is 1. The van der Waals surface area contributed by atoms with Crippen molar-refractivity contribution in [2.45, 2.75) is 12.8 Å². The molecular formula is C19H23N3O4. The first-order chi connectivity index (χ1) is 12.6. The third-order valence-corrected chi connectivity index (χ3v) is 3.61. The lowest BCUT2D eigenvalue weighted by Gasteiger charge is -2.07. The third kappa shape index (κ3) is 6.01. The molecule has 2 aromatic carbocycles. The van der Waals surface area contributed by atoms with Gasteiger partial charge in [0, 0.05) is 18.7 Å². The highest BCUT2D eigenvalue weighted by Crippen LogP contribution is 2.25. The normalized spacial score (nSPS) is 10.5. The molecule has 0 atom stereocenters. The molecule has 0 unspecified atom stereocenters. The van der Waals surface area contributed by atoms with Gasteiger partial charge in [-0.15, -0.1) is 0 Å². The van der Waals surface area contributed by atoms with Crippen LogP contribution in [0.4, 0.5) is 5.69 Å². The number of phenols is 1. The fourth-order valence-electron chi connectivity index (χ4n) is 2.20. The van der Waals surface area contributed by atoms with Crippen LogP contribution in [0.5, 0.6) is 17.2 Å². The van der Waals surface area contributed by atoms with Crippen LogP contribution >= 0.6 is 0 Å². The summed E-state index contributed by atoms with van der Waals surface area (Å²) in [4.78, 5) is 11.8. The van der Waals surface area contributed by atoms with Crippen LogP contribution in [0.25, 0.3) is 0 Å². The zero-order valence-corrected chi connectivity index (χ0v) is 14.9. The monoisotopic (exact) mass is 357 g/mol. The van der Waals surface area contributed by atoms with Crippen molar-refractivity contribution < 1.29 is 19.4 Å². The Morgan fingerprint density at radius 1 is 1.15 bits per heavy atom. The third-order valence-electron chi connectivity index (χ3n) is 3.61. The van der Waals surface area contributed by atoms with Crippen molar-refractivity contribution in [3.8, 4) is 17.2 Å². The predicted molar refractivity (Wildman–Crippen MR) is 101 cm³/mol. The Morgan fingerprint density at radius 2 is 1.92 bits per heavy atom. The number of nitrogens with zero attached hydrogens (tertiary/aromatic N) is 1. The average molecular weight is 357 g/mol. The summed E-state index contributed by atoms with van der Waals surface area (Å²) in [7, 11) is 3.10. The molecule has 0 aliphatic rings. The Balaban J connectivity index is 1.68. The number of rotatable bonds is 9. The quantitative estimate of drug-likeness (QED) is 0.365. The molecule has 2 aromatic rings. The van der Waals surface area contributed by atoms with E-state index in [0.29, 0.717) is 30.7 Å². The summed E-state index contributed by atoms with van der Waals surface area (Å²) < 4.78 is 10.1. The van der Waals surface area contributed by atoms with Crippen LogP contribution in [0.3, 0.4) is 0 Å². The topological polar surface area (TPSA) is 92.2 Å². The second kappa shape index (κ2) is 9.93. The zero-order chi connectivity index (χ0) is 18.8. The van der Waals surface area contributed by atoms with E-state index in [4.69, 9.17) is 9.47 Å². The smallest absolute Gasteiger partial charge is 0.240 e. The van der Waals surface area contributed by atoms with Crippen LogP contribution in [0.1, 0.15) is 18.4 Å². The molecule has 0 fully saturated rings. The first kappa shape index (κ1) is 19.1. The molecule has 0 aliphatic heterocycles. The lowest BCUT2D eigenvalue weighted by Crippen LogP contribution is -2.18. The SMILES string of the molecule is COc1ccc(NCCCC(=O)N/N=C\c2ccc(O)c(OC)c2)cc1. The van der Waals surface area contributed by atoms with Crippen LogP contribution in [-0.2, 0) is 4.79 Å². The maximum Gasteiger partial charge on any atom is 0.240 e. The van der Waals surface area contributed by atoms with E-state index in [-0.39, 0.29) is 11.7 Å². The molecule has 26 heavy (non-hydrogen) atoms. The first-order valence-corrected chi connectivity index (χ1v) is 8.19. The predicted octanol–water partition coefficient (Wildman–Crippen LogP) is 2.75. The van der Waals surface area contributed by atoms with E-state index in [1.807, 2.05) is 24.3 Å². The molecular weight excluding hydrogens is 334 g/mol. The summed E-state index contributed by atoms with van der Waals surface area (Å²) in [5, 5.41) is 16.7. The number of amides is 1. The minimum atomic E-state index is -0.163. The second-order valence-corrected chi connectivity index (χ2v) is 5.48. The van der Waals surface area contributed by atoms with Crippen LogP contribution in [-0.4, -0.2) is 38.0 Å². The van der Waals surface area contributed by atoms with Crippen molar-refractivity contribution in [1.82, 2.24) is 5.43 Å². The Kier molecular flexibility index (Phi) is 7.30. The number of hydrogen-bond acceptors (Lipinski definition) is 6. The van der Waals surface area contributed by atoms with Crippen molar-refractivity contribution in [1.29, 1.82) is 0 Å². The van der Waals surface area contributed by atoms with E-state index in [2.05, 4.69) is 15.8 Å². The Hall–Kier alpha value is -3.22. The molecule has 7 heteroatoms. The number of hydrazone groups is 1. The molecule has 1 amide bonds. The maximum atomic E-state index is 11.8. The van der Waals surface area contributed by atoms with Crippen LogP contribution in [0, 0.1) is 0 Å². The van der Waals surface area contributed by atoms with Crippen molar-refractivity contribution in [3.63, 3.8) is 0 Å². The molecule has 138 valence electrons. The number of anilines is 1. The summed E-state index contributed by atoms with van der Waals surface area (Å²) in [6, 6.07) is 12.4. The summed E-state index contributed by atoms with van der Waals surface area (Å²) in [5.74, 6) is 1.05. The summed E-state index contributed by atoms with van der Waals surface area (Å²) in [6.07, 6.45) is 2.54. The number of phenolic OH excluding ortho intramolecular Hbond substituents is 1. The molecule has 3 N–H and O–H groups in total. The number of methoxy groups -OCH3 is 2. The lowest BCUT2D eigenvalue weighted by molar-refractivity contribution is -0.121. The van der Waals surface area contributed by atoms with E-state index in [9.17, 15) is 9.90 Å². The van der Waals surface area contributed by atoms with E-state index in [1.165, 1.54) is 19.4 Å². The van der Waals surface area contributed by atoms with Gasteiger partial charge in [-0.1, -0.05) is 0 Å². The average Bonchev–Trinajstić information content (AvgIpc) is 2.67. The number of carbonyl (C=O) groups is 1. The fourth-order valence-corrected chi connectivity index (χ4v) is 2.20. The number of nitrogens with one attached hydrogen (secondary N) is 2. The van der Waals surface area contributed by atoms with Gasteiger partial charge < -0.3 is 19.9 Å². The largest absolute Gasteiger partial charge is 0.504 e. The van der Waals surface area contributed by atoms with Crippen LogP contribution in [0.15, 0.2) is 47.6 Å². The molecule has 0 aromatic heterocycles. The van der Waals surface area contributed by atoms with Crippen LogP contribution in [0.2, 0.25) is 0 Å². The Bertz CT molecular complexity index is 745. The Morgan fingerprint density at radius 3 is 2.62 bits per heavy atom. The highest BCUT2D eigenvalue weighted by atomic mass is 16.5. The van der Waals surface area contributed by atoms with Crippen molar-refractivity contribution in [2.24, 2.45) is 5.10 Å². The van der Waals surface area contributed by atoms with E-state index < -0.39 is 0 Å². The first-order valence-electron chi connectivity index (χ1n) is 8.19. The molecule has 2 rings (SSSR count). The number of benzene rings is 2. The summed E-state index contributed by atoms with van der Waals surface area (Å²) in [5.41, 5.74) is 4.17. The van der Waals surface area contributed by atoms with Gasteiger partial charge in [-0.05, 0) is 54.4 Å². The van der Waals surface area contributed by atoms with E-state index in [1.54, 1.807) is 19.2 Å². The van der Waals surface area contributed by atoms with Gasteiger partial charge in [0.15, 0.2) is 11.5 Å². The molecule has 0 radical (unpaired) electrons. The van der Waals surface area contributed by atoms with Crippen LogP contribution < -0.4 is 20.2 Å². The fraction of sp³-hybridized carbons (Fsp3) is 0.263. The maximum absolute atomic E-state index is 11.8. The molecule has 7 nitrogen and oxygen atoms in total. The van der Waals surface area contributed by atoms with Gasteiger partial charge in [0.1, 0.15) is 5.75 Å². The van der Waals surface area contributed by atoms with Crippen molar-refractivity contribution >= 4 is 17.8 Å². The van der Waals surface area contributed by atoms with Gasteiger partial charge in [-0.3, -0.25) is 4.79 Å². The number of hydrogen-bond donors (Lipinski definition) is 3. The molecule has 0 saturated heterocycles. The molecule has 0 saturated carbocycles. The van der Waals surface area contributed by atoms with E-state index >= 15 is 0 Å². The van der Waals surface area contributed by atoms with Gasteiger partial charge >= 0.3 is 0 Å². The summed E-state index contributed by atoms with van der Waals surface area (Å²) in [6.45, 7) is 0.679. The van der Waals surface area contributed by atoms with Gasteiger partial charge in [-0.25, -0.2) is 5.43 Å². The Labute approximate surface area is 152 Å². The molecule has 0 bridgehead atoms. The van der Waals surface area contributed by atoms with Gasteiger partial charge in [0.2, 0.25) is 5.91 Å². The second-order valence-electron chi connectivity index (χ2n) is 5.48. The van der Waals surface area contributed by atoms with Gasteiger partial charge in [0.05, 0.1) is 20.4 Å². The van der Waals surface area contributed by atoms with Gasteiger partial charge in [0.25, 0.3) is 0 Å². The highest BCUT2D eigenvalue weighted by molar-refractivity contribution is 5.83. The highest BCUT2D eigenvalue weighted by Gasteiger charge is 2.02. The minimum absolute atomic E-state index is 0.0537. The van der Waals surface area contributed by atoms with E-state index in [0.717, 1.165) is 11.4 Å². The minimum Gasteiger partial charge on any atom is -0.504 e. The van der Waals surface area contributed by atoms with Crippen molar-refractivity contribution in [2.75, 3.05) is 26.1 Å². The van der Waals surface area contributed by atoms with Gasteiger partial charge in [-0.2, -0.15) is 5.10 Å². The summed E-state index contributed by atoms with van der Waals surface area (Å²) >= 11 is 0. The lowest BCUT2D eigenvalue weighted by atomic mass is 10.2. The molecule has 0 aliphatic carbocycles. The standard InChI is InChI=1S/C19H23N3O4/c1-25-16-8-6-15(7-9-16)20-11-3-4-19(24)22-21-13-14-5-10-17(23)18(12-14)26-2/h5-10,12-13,20,23H,3-4,11H2,1-2H3,(H,22,24)/b21-13-. The molecule has 0 heterocycles. The zero-order valence-electron chi connectivity index (χ0n) is 14.9. The van der Waals surface area contributed by atoms with Crippen molar-refractivity contribution in [3.05, 3.63) is 48.0 Å². The number of ether oxygens (including phenoxy) is 2. The number of carbonyl (C=O) groups excluding carboxylic acids is 1.